The zero-order chi connectivity index (χ0) is 12.4. The van der Waals surface area contributed by atoms with Crippen molar-refractivity contribution in [1.29, 1.82) is 0 Å². The highest BCUT2D eigenvalue weighted by molar-refractivity contribution is 9.10. The third-order valence-electron chi connectivity index (χ3n) is 1.86. The molecular weight excluding hydrogens is 375 g/mol. The average Bonchev–Trinajstić information content (AvgIpc) is 2.30. The molecule has 0 saturated heterocycles. The van der Waals surface area contributed by atoms with Crippen LogP contribution < -0.4 is 10.3 Å². The number of rotatable bonds is 2. The lowest BCUT2D eigenvalue weighted by atomic mass is 10.3. The van der Waals surface area contributed by atoms with Crippen molar-refractivity contribution in [2.75, 3.05) is 0 Å². The summed E-state index contributed by atoms with van der Waals surface area (Å²) in [7, 11) is 0. The molecule has 0 aliphatic carbocycles. The molecule has 0 saturated carbocycles. The molecule has 0 aliphatic rings. The van der Waals surface area contributed by atoms with Gasteiger partial charge >= 0.3 is 0 Å². The van der Waals surface area contributed by atoms with E-state index < -0.39 is 0 Å². The predicted molar refractivity (Wildman–Crippen MR) is 71.8 cm³/mol. The molecule has 1 heterocycles. The van der Waals surface area contributed by atoms with E-state index in [2.05, 4.69) is 41.8 Å². The molecule has 2 aromatic rings. The van der Waals surface area contributed by atoms with Gasteiger partial charge in [0.2, 0.25) is 5.88 Å². The van der Waals surface area contributed by atoms with Crippen molar-refractivity contribution in [3.63, 3.8) is 0 Å². The van der Waals surface area contributed by atoms with E-state index in [1.165, 1.54) is 6.33 Å². The SMILES string of the molecule is O=c1[nH]cnc(Oc2cc(Br)ccc2Cl)c1Br. The average molecular weight is 380 g/mol. The molecule has 0 radical (unpaired) electrons. The van der Waals surface area contributed by atoms with Crippen LogP contribution in [0.3, 0.4) is 0 Å². The lowest BCUT2D eigenvalue weighted by Crippen LogP contribution is -2.08. The van der Waals surface area contributed by atoms with Gasteiger partial charge in [-0.1, -0.05) is 27.5 Å². The van der Waals surface area contributed by atoms with Gasteiger partial charge in [-0.2, -0.15) is 0 Å². The third-order valence-corrected chi connectivity index (χ3v) is 3.37. The highest BCUT2D eigenvalue weighted by Crippen LogP contribution is 2.32. The topological polar surface area (TPSA) is 55.0 Å². The summed E-state index contributed by atoms with van der Waals surface area (Å²) >= 11 is 12.4. The van der Waals surface area contributed by atoms with Crippen molar-refractivity contribution in [1.82, 2.24) is 9.97 Å². The predicted octanol–water partition coefficient (Wildman–Crippen LogP) is 3.74. The molecule has 2 rings (SSSR count). The molecule has 0 bridgehead atoms. The number of hydrogen-bond donors (Lipinski definition) is 1. The largest absolute Gasteiger partial charge is 0.436 e. The Morgan fingerprint density at radius 2 is 2.12 bits per heavy atom. The highest BCUT2D eigenvalue weighted by Gasteiger charge is 2.10. The summed E-state index contributed by atoms with van der Waals surface area (Å²) in [6.07, 6.45) is 1.26. The molecule has 7 heteroatoms. The van der Waals surface area contributed by atoms with Gasteiger partial charge in [-0.15, -0.1) is 0 Å². The molecule has 0 atom stereocenters. The Morgan fingerprint density at radius 3 is 2.88 bits per heavy atom. The number of halogens is 3. The van der Waals surface area contributed by atoms with E-state index in [4.69, 9.17) is 16.3 Å². The van der Waals surface area contributed by atoms with Crippen LogP contribution in [-0.2, 0) is 0 Å². The van der Waals surface area contributed by atoms with Crippen LogP contribution >= 0.6 is 43.5 Å². The van der Waals surface area contributed by atoms with Crippen LogP contribution in [0.1, 0.15) is 0 Å². The Labute approximate surface area is 118 Å². The minimum Gasteiger partial charge on any atom is -0.436 e. The van der Waals surface area contributed by atoms with Crippen LogP contribution in [0.2, 0.25) is 5.02 Å². The summed E-state index contributed by atoms with van der Waals surface area (Å²) < 4.78 is 6.50. The first kappa shape index (κ1) is 12.6. The van der Waals surface area contributed by atoms with E-state index in [0.29, 0.717) is 10.8 Å². The maximum Gasteiger partial charge on any atom is 0.268 e. The molecule has 0 amide bonds. The van der Waals surface area contributed by atoms with E-state index >= 15 is 0 Å². The first-order chi connectivity index (χ1) is 8.08. The molecule has 0 fully saturated rings. The summed E-state index contributed by atoms with van der Waals surface area (Å²) in [4.78, 5) is 17.6. The maximum atomic E-state index is 11.3. The fourth-order valence-corrected chi connectivity index (χ4v) is 1.89. The first-order valence-electron chi connectivity index (χ1n) is 4.44. The number of aromatic nitrogens is 2. The summed E-state index contributed by atoms with van der Waals surface area (Å²) in [6.45, 7) is 0. The number of ether oxygens (including phenoxy) is 1. The van der Waals surface area contributed by atoms with Gasteiger partial charge in [0.05, 0.1) is 11.3 Å². The Balaban J connectivity index is 2.41. The minimum absolute atomic E-state index is 0.161. The van der Waals surface area contributed by atoms with E-state index in [-0.39, 0.29) is 15.9 Å². The van der Waals surface area contributed by atoms with Gasteiger partial charge in [0.15, 0.2) is 0 Å². The minimum atomic E-state index is -0.318. The van der Waals surface area contributed by atoms with Crippen LogP contribution in [-0.4, -0.2) is 9.97 Å². The highest BCUT2D eigenvalue weighted by atomic mass is 79.9. The van der Waals surface area contributed by atoms with Crippen molar-refractivity contribution in [3.05, 3.63) is 48.8 Å². The summed E-state index contributed by atoms with van der Waals surface area (Å²) in [6, 6.07) is 5.16. The van der Waals surface area contributed by atoms with Crippen LogP contribution in [0, 0.1) is 0 Å². The molecule has 1 aromatic heterocycles. The fourth-order valence-electron chi connectivity index (χ4n) is 1.10. The van der Waals surface area contributed by atoms with Crippen molar-refractivity contribution in [2.45, 2.75) is 0 Å². The van der Waals surface area contributed by atoms with Gasteiger partial charge in [0.25, 0.3) is 5.56 Å². The third kappa shape index (κ3) is 2.88. The normalized spacial score (nSPS) is 10.3. The van der Waals surface area contributed by atoms with Gasteiger partial charge in [-0.3, -0.25) is 4.79 Å². The Morgan fingerprint density at radius 1 is 1.35 bits per heavy atom. The molecule has 0 spiro atoms. The van der Waals surface area contributed by atoms with E-state index in [1.54, 1.807) is 18.2 Å². The second kappa shape index (κ2) is 5.20. The van der Waals surface area contributed by atoms with Crippen molar-refractivity contribution in [2.24, 2.45) is 0 Å². The van der Waals surface area contributed by atoms with Crippen LogP contribution in [0.5, 0.6) is 11.6 Å². The molecule has 0 aliphatic heterocycles. The standard InChI is InChI=1S/C10H5Br2ClN2O2/c11-5-1-2-6(13)7(3-5)17-10-8(12)9(16)14-4-15-10/h1-4H,(H,14,15,16). The summed E-state index contributed by atoms with van der Waals surface area (Å²) in [5, 5.41) is 0.433. The van der Waals surface area contributed by atoms with Crippen molar-refractivity contribution in [3.8, 4) is 11.6 Å². The number of aromatic amines is 1. The van der Waals surface area contributed by atoms with Gasteiger partial charge in [-0.25, -0.2) is 4.98 Å². The Kier molecular flexibility index (Phi) is 3.86. The quantitative estimate of drug-likeness (QED) is 0.864. The van der Waals surface area contributed by atoms with Crippen molar-refractivity contribution >= 4 is 43.5 Å². The van der Waals surface area contributed by atoms with E-state index in [0.717, 1.165) is 4.47 Å². The van der Waals surface area contributed by atoms with E-state index in [1.807, 2.05) is 0 Å². The molecule has 1 aromatic carbocycles. The van der Waals surface area contributed by atoms with Crippen LogP contribution in [0.4, 0.5) is 0 Å². The summed E-state index contributed by atoms with van der Waals surface area (Å²) in [5.41, 5.74) is -0.318. The van der Waals surface area contributed by atoms with Gasteiger partial charge < -0.3 is 9.72 Å². The number of benzene rings is 1. The Hall–Kier alpha value is -0.850. The molecule has 17 heavy (non-hydrogen) atoms. The number of nitrogens with one attached hydrogen (secondary N) is 1. The zero-order valence-corrected chi connectivity index (χ0v) is 12.1. The fraction of sp³-hybridized carbons (Fsp3) is 0. The second-order valence-electron chi connectivity index (χ2n) is 3.03. The van der Waals surface area contributed by atoms with Gasteiger partial charge in [0, 0.05) is 4.47 Å². The molecule has 4 nitrogen and oxygen atoms in total. The van der Waals surface area contributed by atoms with Crippen LogP contribution in [0.15, 0.2) is 38.3 Å². The van der Waals surface area contributed by atoms with E-state index in [9.17, 15) is 4.79 Å². The van der Waals surface area contributed by atoms with Crippen molar-refractivity contribution < 1.29 is 4.74 Å². The lowest BCUT2D eigenvalue weighted by molar-refractivity contribution is 0.457. The smallest absolute Gasteiger partial charge is 0.268 e. The number of nitrogens with zero attached hydrogens (tertiary/aromatic N) is 1. The molecular formula is C10H5Br2ClN2O2. The monoisotopic (exact) mass is 378 g/mol. The Bertz CT molecular complexity index is 615. The van der Waals surface area contributed by atoms with Crippen LogP contribution in [0.25, 0.3) is 0 Å². The second-order valence-corrected chi connectivity index (χ2v) is 5.14. The zero-order valence-electron chi connectivity index (χ0n) is 8.21. The molecule has 1 N–H and O–H groups in total. The van der Waals surface area contributed by atoms with Gasteiger partial charge in [-0.05, 0) is 34.1 Å². The van der Waals surface area contributed by atoms with Gasteiger partial charge in [0.1, 0.15) is 10.2 Å². The lowest BCUT2D eigenvalue weighted by Gasteiger charge is -2.07. The first-order valence-corrected chi connectivity index (χ1v) is 6.40. The number of H-pyrrole nitrogens is 1. The molecule has 0 unspecified atom stereocenters. The number of hydrogen-bond acceptors (Lipinski definition) is 3. The maximum absolute atomic E-state index is 11.3. The summed E-state index contributed by atoms with van der Waals surface area (Å²) in [5.74, 6) is 0.577. The molecule has 88 valence electrons.